The Kier molecular flexibility index (Phi) is 7.22. The second kappa shape index (κ2) is 8.92. The molecule has 2 aliphatic heterocycles. The van der Waals surface area contributed by atoms with Crippen molar-refractivity contribution in [3.8, 4) is 0 Å². The van der Waals surface area contributed by atoms with Gasteiger partial charge in [0.25, 0.3) is 0 Å². The van der Waals surface area contributed by atoms with Gasteiger partial charge in [0.15, 0.2) is 0 Å². The molecule has 0 aromatic carbocycles. The van der Waals surface area contributed by atoms with Crippen LogP contribution in [0.4, 0.5) is 9.59 Å². The molecule has 22 heavy (non-hydrogen) atoms. The van der Waals surface area contributed by atoms with Crippen LogP contribution in [0.5, 0.6) is 0 Å². The third-order valence-electron chi connectivity index (χ3n) is 3.20. The highest BCUT2D eigenvalue weighted by Gasteiger charge is 2.15. The molecule has 122 valence electrons. The van der Waals surface area contributed by atoms with Gasteiger partial charge in [0, 0.05) is 37.2 Å². The molecule has 0 saturated carbocycles. The number of carbonyl (C=O) groups is 2. The molecule has 0 bridgehead atoms. The molecule has 0 saturated heterocycles. The van der Waals surface area contributed by atoms with Crippen molar-refractivity contribution in [3.05, 3.63) is 36.8 Å². The second-order valence-electron chi connectivity index (χ2n) is 5.58. The summed E-state index contributed by atoms with van der Waals surface area (Å²) < 4.78 is 0. The fourth-order valence-electron chi connectivity index (χ4n) is 1.97. The maximum absolute atomic E-state index is 11.2. The van der Waals surface area contributed by atoms with Gasteiger partial charge in [-0.1, -0.05) is 6.08 Å². The molecule has 0 spiro atoms. The minimum Gasteiger partial charge on any atom is -0.322 e. The van der Waals surface area contributed by atoms with Gasteiger partial charge in [-0.15, -0.1) is 0 Å². The van der Waals surface area contributed by atoms with Crippen LogP contribution >= 0.6 is 0 Å². The lowest BCUT2D eigenvalue weighted by molar-refractivity contribution is 0.190. The van der Waals surface area contributed by atoms with E-state index in [0.29, 0.717) is 0 Å². The zero-order valence-corrected chi connectivity index (χ0v) is 13.7. The molecule has 0 unspecified atom stereocenters. The summed E-state index contributed by atoms with van der Waals surface area (Å²) in [6.07, 6.45) is 11.6. The molecule has 0 atom stereocenters. The van der Waals surface area contributed by atoms with Crippen LogP contribution in [0, 0.1) is 0 Å². The van der Waals surface area contributed by atoms with Crippen molar-refractivity contribution in [1.82, 2.24) is 20.4 Å². The van der Waals surface area contributed by atoms with E-state index in [4.69, 9.17) is 0 Å². The molecule has 0 aromatic heterocycles. The lowest BCUT2D eigenvalue weighted by Crippen LogP contribution is -2.41. The zero-order chi connectivity index (χ0) is 16.5. The maximum Gasteiger partial charge on any atom is 0.325 e. The van der Waals surface area contributed by atoms with Crippen molar-refractivity contribution in [3.63, 3.8) is 0 Å². The van der Waals surface area contributed by atoms with Gasteiger partial charge in [0.1, 0.15) is 0 Å². The van der Waals surface area contributed by atoms with Crippen molar-refractivity contribution >= 4 is 12.1 Å². The standard InChI is InChI=1S/C8H14N2O.C8H12N2O/c2*1-7(2)10-6-4-3-5-9-8(10)11/h3,5,7H,4,6H2,1-2H3,(H,9,11);3-7H,1-2H3,(H,9,11). The van der Waals surface area contributed by atoms with Crippen molar-refractivity contribution in [2.24, 2.45) is 0 Å². The molecule has 0 fully saturated rings. The third-order valence-corrected chi connectivity index (χ3v) is 3.20. The van der Waals surface area contributed by atoms with E-state index in [9.17, 15) is 9.59 Å². The number of nitrogens with one attached hydrogen (secondary N) is 2. The first kappa shape index (κ1) is 17.8. The maximum atomic E-state index is 11.2. The number of allylic oxidation sites excluding steroid dienone is 2. The first-order valence-electron chi connectivity index (χ1n) is 7.57. The van der Waals surface area contributed by atoms with Crippen molar-refractivity contribution in [2.75, 3.05) is 6.54 Å². The minimum atomic E-state index is -0.0787. The normalized spacial score (nSPS) is 17.7. The summed E-state index contributed by atoms with van der Waals surface area (Å²) in [7, 11) is 0. The Bertz CT molecular complexity index is 467. The number of hydrogen-bond donors (Lipinski definition) is 2. The summed E-state index contributed by atoms with van der Waals surface area (Å²) in [5.74, 6) is 0. The topological polar surface area (TPSA) is 64.7 Å². The molecule has 2 aliphatic rings. The molecular formula is C16H26N4O2. The first-order chi connectivity index (χ1) is 10.4. The molecule has 6 heteroatoms. The molecule has 2 N–H and O–H groups in total. The second-order valence-corrected chi connectivity index (χ2v) is 5.58. The SMILES string of the molecule is CC(C)N1C=CC=CNC1=O.CC(C)N1CCC=CNC1=O. The van der Waals surface area contributed by atoms with Gasteiger partial charge >= 0.3 is 12.1 Å². The van der Waals surface area contributed by atoms with Crippen LogP contribution in [-0.4, -0.2) is 40.5 Å². The molecular weight excluding hydrogens is 280 g/mol. The van der Waals surface area contributed by atoms with Crippen LogP contribution in [0.25, 0.3) is 0 Å². The highest BCUT2D eigenvalue weighted by Crippen LogP contribution is 2.03. The van der Waals surface area contributed by atoms with E-state index in [1.165, 1.54) is 0 Å². The minimum absolute atomic E-state index is 0.00810. The molecule has 0 aliphatic carbocycles. The van der Waals surface area contributed by atoms with E-state index in [1.54, 1.807) is 29.6 Å². The van der Waals surface area contributed by atoms with Crippen molar-refractivity contribution in [1.29, 1.82) is 0 Å². The summed E-state index contributed by atoms with van der Waals surface area (Å²) in [4.78, 5) is 25.8. The van der Waals surface area contributed by atoms with Crippen molar-refractivity contribution in [2.45, 2.75) is 46.2 Å². The number of hydrogen-bond acceptors (Lipinski definition) is 2. The Balaban J connectivity index is 0.000000220. The van der Waals surface area contributed by atoms with Crippen LogP contribution in [0.15, 0.2) is 36.8 Å². The van der Waals surface area contributed by atoms with Gasteiger partial charge in [-0.3, -0.25) is 4.90 Å². The first-order valence-corrected chi connectivity index (χ1v) is 7.57. The Hall–Kier alpha value is -2.24. The average molecular weight is 306 g/mol. The summed E-state index contributed by atoms with van der Waals surface area (Å²) in [6.45, 7) is 8.79. The predicted octanol–water partition coefficient (Wildman–Crippen LogP) is 2.77. The number of amides is 4. The van der Waals surface area contributed by atoms with E-state index >= 15 is 0 Å². The largest absolute Gasteiger partial charge is 0.325 e. The van der Waals surface area contributed by atoms with Gasteiger partial charge < -0.3 is 15.5 Å². The Morgan fingerprint density at radius 3 is 2.27 bits per heavy atom. The summed E-state index contributed by atoms with van der Waals surface area (Å²) >= 11 is 0. The monoisotopic (exact) mass is 306 g/mol. The van der Waals surface area contributed by atoms with E-state index in [-0.39, 0.29) is 24.1 Å². The van der Waals surface area contributed by atoms with Gasteiger partial charge in [0.05, 0.1) is 0 Å². The number of rotatable bonds is 2. The highest BCUT2D eigenvalue weighted by atomic mass is 16.2. The van der Waals surface area contributed by atoms with Gasteiger partial charge in [0.2, 0.25) is 0 Å². The van der Waals surface area contributed by atoms with E-state index in [0.717, 1.165) is 13.0 Å². The molecule has 2 rings (SSSR count). The molecule has 0 aromatic rings. The van der Waals surface area contributed by atoms with Gasteiger partial charge in [-0.05, 0) is 46.3 Å². The van der Waals surface area contributed by atoms with Crippen LogP contribution in [0.1, 0.15) is 34.1 Å². The number of urea groups is 2. The fourth-order valence-corrected chi connectivity index (χ4v) is 1.97. The predicted molar refractivity (Wildman–Crippen MR) is 87.9 cm³/mol. The average Bonchev–Trinajstić information content (AvgIpc) is 2.79. The Labute approximate surface area is 132 Å². The number of carbonyl (C=O) groups excluding carboxylic acids is 2. The van der Waals surface area contributed by atoms with E-state index in [2.05, 4.69) is 10.6 Å². The molecule has 4 amide bonds. The van der Waals surface area contributed by atoms with Gasteiger partial charge in [-0.2, -0.15) is 0 Å². The van der Waals surface area contributed by atoms with Crippen LogP contribution in [0.3, 0.4) is 0 Å². The molecule has 2 heterocycles. The van der Waals surface area contributed by atoms with E-state index < -0.39 is 0 Å². The fraction of sp³-hybridized carbons (Fsp3) is 0.500. The zero-order valence-electron chi connectivity index (χ0n) is 13.7. The Morgan fingerprint density at radius 1 is 0.955 bits per heavy atom. The lowest BCUT2D eigenvalue weighted by Gasteiger charge is -2.24. The summed E-state index contributed by atoms with van der Waals surface area (Å²) in [5, 5.41) is 5.30. The molecule has 0 radical (unpaired) electrons. The van der Waals surface area contributed by atoms with Crippen molar-refractivity contribution < 1.29 is 9.59 Å². The van der Waals surface area contributed by atoms with Crippen LogP contribution in [0.2, 0.25) is 0 Å². The lowest BCUT2D eigenvalue weighted by atomic mass is 10.3. The highest BCUT2D eigenvalue weighted by molar-refractivity contribution is 5.77. The Morgan fingerprint density at radius 2 is 1.64 bits per heavy atom. The smallest absolute Gasteiger partial charge is 0.322 e. The van der Waals surface area contributed by atoms with E-state index in [1.807, 2.05) is 44.7 Å². The quantitative estimate of drug-likeness (QED) is 0.824. The summed E-state index contributed by atoms with van der Waals surface area (Å²) in [5.41, 5.74) is 0. The molecule has 6 nitrogen and oxygen atoms in total. The third kappa shape index (κ3) is 5.63. The summed E-state index contributed by atoms with van der Waals surface area (Å²) in [6, 6.07) is 0.416. The van der Waals surface area contributed by atoms with Crippen LogP contribution < -0.4 is 10.6 Å². The number of nitrogens with zero attached hydrogens (tertiary/aromatic N) is 2. The van der Waals surface area contributed by atoms with Gasteiger partial charge in [-0.25, -0.2) is 9.59 Å². The van der Waals surface area contributed by atoms with Crippen LogP contribution in [-0.2, 0) is 0 Å².